The van der Waals surface area contributed by atoms with Gasteiger partial charge in [-0.3, -0.25) is 15.1 Å². The monoisotopic (exact) mass is 319 g/mol. The SMILES string of the molecule is COc1cc([N+](=O)[O-])cc(C=Nc2cc(Cl)ccc2C)c1[O-]. The van der Waals surface area contributed by atoms with Crippen LogP contribution >= 0.6 is 11.6 Å². The summed E-state index contributed by atoms with van der Waals surface area (Å²) >= 11 is 5.90. The van der Waals surface area contributed by atoms with Gasteiger partial charge in [-0.25, -0.2) is 0 Å². The first kappa shape index (κ1) is 15.8. The van der Waals surface area contributed by atoms with Gasteiger partial charge in [0, 0.05) is 17.3 Å². The summed E-state index contributed by atoms with van der Waals surface area (Å²) < 4.78 is 4.87. The number of nitro benzene ring substituents is 1. The number of hydrogen-bond acceptors (Lipinski definition) is 5. The first-order valence-electron chi connectivity index (χ1n) is 6.26. The molecule has 0 spiro atoms. The fraction of sp³-hybridized carbons (Fsp3) is 0.133. The molecule has 0 unspecified atom stereocenters. The van der Waals surface area contributed by atoms with Gasteiger partial charge in [-0.2, -0.15) is 0 Å². The van der Waals surface area contributed by atoms with Gasteiger partial charge in [-0.05, 0) is 30.2 Å². The van der Waals surface area contributed by atoms with Crippen LogP contribution in [0.15, 0.2) is 35.3 Å². The van der Waals surface area contributed by atoms with E-state index in [1.807, 2.05) is 6.92 Å². The van der Waals surface area contributed by atoms with Gasteiger partial charge in [-0.1, -0.05) is 23.4 Å². The van der Waals surface area contributed by atoms with E-state index >= 15 is 0 Å². The van der Waals surface area contributed by atoms with E-state index in [9.17, 15) is 15.2 Å². The zero-order valence-electron chi connectivity index (χ0n) is 11.9. The van der Waals surface area contributed by atoms with Crippen molar-refractivity contribution in [1.82, 2.24) is 0 Å². The average Bonchev–Trinajstić information content (AvgIpc) is 2.49. The molecule has 0 aliphatic rings. The van der Waals surface area contributed by atoms with Crippen LogP contribution in [-0.4, -0.2) is 18.2 Å². The molecule has 0 aliphatic carbocycles. The molecule has 0 N–H and O–H groups in total. The minimum Gasteiger partial charge on any atom is -0.870 e. The lowest BCUT2D eigenvalue weighted by Crippen LogP contribution is -2.02. The summed E-state index contributed by atoms with van der Waals surface area (Å²) in [6.45, 7) is 1.84. The fourth-order valence-electron chi connectivity index (χ4n) is 1.82. The van der Waals surface area contributed by atoms with E-state index in [1.54, 1.807) is 18.2 Å². The van der Waals surface area contributed by atoms with Crippen molar-refractivity contribution in [2.24, 2.45) is 4.99 Å². The Morgan fingerprint density at radius 2 is 2.05 bits per heavy atom. The smallest absolute Gasteiger partial charge is 0.273 e. The van der Waals surface area contributed by atoms with Crippen molar-refractivity contribution in [3.8, 4) is 11.5 Å². The molecular weight excluding hydrogens is 308 g/mol. The molecule has 2 rings (SSSR count). The number of hydrogen-bond donors (Lipinski definition) is 0. The highest BCUT2D eigenvalue weighted by molar-refractivity contribution is 6.30. The van der Waals surface area contributed by atoms with Crippen molar-refractivity contribution >= 4 is 29.2 Å². The molecule has 0 heterocycles. The summed E-state index contributed by atoms with van der Waals surface area (Å²) in [4.78, 5) is 14.5. The molecule has 0 amide bonds. The van der Waals surface area contributed by atoms with Gasteiger partial charge in [-0.15, -0.1) is 0 Å². The summed E-state index contributed by atoms with van der Waals surface area (Å²) in [5.41, 5.74) is 1.29. The molecule has 114 valence electrons. The molecule has 7 heteroatoms. The number of benzene rings is 2. The molecule has 22 heavy (non-hydrogen) atoms. The van der Waals surface area contributed by atoms with Crippen LogP contribution in [0.5, 0.6) is 11.5 Å². The number of rotatable bonds is 4. The Morgan fingerprint density at radius 3 is 2.68 bits per heavy atom. The van der Waals surface area contributed by atoms with Crippen molar-refractivity contribution in [3.63, 3.8) is 0 Å². The number of halogens is 1. The third-order valence-electron chi connectivity index (χ3n) is 3.01. The van der Waals surface area contributed by atoms with E-state index in [4.69, 9.17) is 16.3 Å². The van der Waals surface area contributed by atoms with Crippen LogP contribution in [-0.2, 0) is 0 Å². The third kappa shape index (κ3) is 3.35. The highest BCUT2D eigenvalue weighted by Gasteiger charge is 2.11. The van der Waals surface area contributed by atoms with E-state index in [0.29, 0.717) is 10.7 Å². The Hall–Kier alpha value is -2.60. The highest BCUT2D eigenvalue weighted by Crippen LogP contribution is 2.32. The van der Waals surface area contributed by atoms with E-state index in [0.717, 1.165) is 17.7 Å². The van der Waals surface area contributed by atoms with Crippen molar-refractivity contribution < 1.29 is 14.8 Å². The van der Waals surface area contributed by atoms with Gasteiger partial charge in [0.2, 0.25) is 0 Å². The lowest BCUT2D eigenvalue weighted by Gasteiger charge is -2.15. The van der Waals surface area contributed by atoms with Crippen LogP contribution in [0.25, 0.3) is 0 Å². The summed E-state index contributed by atoms with van der Waals surface area (Å²) in [6.07, 6.45) is 1.27. The average molecular weight is 320 g/mol. The molecule has 0 saturated carbocycles. The second-order valence-corrected chi connectivity index (χ2v) is 4.95. The first-order valence-corrected chi connectivity index (χ1v) is 6.64. The molecule has 6 nitrogen and oxygen atoms in total. The standard InChI is InChI=1S/C15H13ClN2O4/c1-9-3-4-11(16)6-13(9)17-8-10-5-12(18(20)21)7-14(22-2)15(10)19/h3-8,19H,1-2H3/p-1. The normalized spacial score (nSPS) is 10.9. The number of aryl methyl sites for hydroxylation is 1. The quantitative estimate of drug-likeness (QED) is 0.491. The predicted molar refractivity (Wildman–Crippen MR) is 82.5 cm³/mol. The second-order valence-electron chi connectivity index (χ2n) is 4.51. The van der Waals surface area contributed by atoms with Crippen LogP contribution in [0.3, 0.4) is 0 Å². The maximum absolute atomic E-state index is 12.1. The lowest BCUT2D eigenvalue weighted by atomic mass is 10.1. The molecule has 0 radical (unpaired) electrons. The Kier molecular flexibility index (Phi) is 4.62. The van der Waals surface area contributed by atoms with Crippen LogP contribution in [0.1, 0.15) is 11.1 Å². The van der Waals surface area contributed by atoms with Crippen LogP contribution in [0.4, 0.5) is 11.4 Å². The summed E-state index contributed by atoms with van der Waals surface area (Å²) in [6, 6.07) is 7.41. The maximum Gasteiger partial charge on any atom is 0.273 e. The van der Waals surface area contributed by atoms with E-state index < -0.39 is 10.7 Å². The zero-order valence-corrected chi connectivity index (χ0v) is 12.6. The summed E-state index contributed by atoms with van der Waals surface area (Å²) in [5.74, 6) is -0.560. The molecule has 0 saturated heterocycles. The molecule has 0 fully saturated rings. The van der Waals surface area contributed by atoms with Crippen molar-refractivity contribution in [1.29, 1.82) is 0 Å². The Bertz CT molecular complexity index is 759. The lowest BCUT2D eigenvalue weighted by molar-refractivity contribution is -0.385. The molecule has 2 aromatic carbocycles. The summed E-state index contributed by atoms with van der Waals surface area (Å²) in [7, 11) is 1.28. The van der Waals surface area contributed by atoms with Gasteiger partial charge in [0.05, 0.1) is 23.8 Å². The van der Waals surface area contributed by atoms with Crippen molar-refractivity contribution in [3.05, 3.63) is 56.6 Å². The Balaban J connectivity index is 2.48. The van der Waals surface area contributed by atoms with E-state index in [2.05, 4.69) is 4.99 Å². The Labute approximate surface area is 131 Å². The first-order chi connectivity index (χ1) is 10.4. The molecule has 0 aromatic heterocycles. The van der Waals surface area contributed by atoms with Crippen LogP contribution < -0.4 is 9.84 Å². The van der Waals surface area contributed by atoms with Gasteiger partial charge >= 0.3 is 0 Å². The number of nitro groups is 1. The number of methoxy groups -OCH3 is 1. The van der Waals surface area contributed by atoms with Gasteiger partial charge in [0.1, 0.15) is 5.75 Å². The molecule has 0 bridgehead atoms. The van der Waals surface area contributed by atoms with Crippen molar-refractivity contribution in [2.45, 2.75) is 6.92 Å². The second kappa shape index (κ2) is 6.44. The van der Waals surface area contributed by atoms with E-state index in [-0.39, 0.29) is 17.0 Å². The number of ether oxygens (including phenoxy) is 1. The van der Waals surface area contributed by atoms with Gasteiger partial charge in [0.25, 0.3) is 5.69 Å². The molecule has 0 aliphatic heterocycles. The van der Waals surface area contributed by atoms with Crippen molar-refractivity contribution in [2.75, 3.05) is 7.11 Å². The molecule has 2 aromatic rings. The Morgan fingerprint density at radius 1 is 1.32 bits per heavy atom. The minimum atomic E-state index is -0.593. The fourth-order valence-corrected chi connectivity index (χ4v) is 1.99. The maximum atomic E-state index is 12.1. The van der Waals surface area contributed by atoms with Gasteiger partial charge < -0.3 is 9.84 Å². The number of aliphatic imine (C=N–C) groups is 1. The van der Waals surface area contributed by atoms with Gasteiger partial charge in [0.15, 0.2) is 0 Å². The number of non-ortho nitro benzene ring substituents is 1. The summed E-state index contributed by atoms with van der Waals surface area (Å²) in [5, 5.41) is 23.5. The van der Waals surface area contributed by atoms with E-state index in [1.165, 1.54) is 13.3 Å². The minimum absolute atomic E-state index is 0.0745. The van der Waals surface area contributed by atoms with Crippen LogP contribution in [0.2, 0.25) is 5.02 Å². The molecule has 0 atom stereocenters. The topological polar surface area (TPSA) is 87.8 Å². The number of nitrogens with zero attached hydrogens (tertiary/aromatic N) is 2. The van der Waals surface area contributed by atoms with Crippen LogP contribution in [0, 0.1) is 17.0 Å². The molecular formula is C15H12ClN2O4-. The zero-order chi connectivity index (χ0) is 16.3. The third-order valence-corrected chi connectivity index (χ3v) is 3.25. The largest absolute Gasteiger partial charge is 0.870 e. The highest BCUT2D eigenvalue weighted by atomic mass is 35.5. The predicted octanol–water partition coefficient (Wildman–Crippen LogP) is 3.39.